The number of anilines is 1. The Morgan fingerprint density at radius 2 is 1.84 bits per heavy atom. The van der Waals surface area contributed by atoms with Crippen LogP contribution in [0.2, 0.25) is 5.28 Å². The van der Waals surface area contributed by atoms with E-state index in [-0.39, 0.29) is 0 Å². The second-order valence-corrected chi connectivity index (χ2v) is 6.98. The molecule has 0 atom stereocenters. The van der Waals surface area contributed by atoms with Gasteiger partial charge in [-0.25, -0.2) is 4.98 Å². The van der Waals surface area contributed by atoms with Crippen LogP contribution in [0.5, 0.6) is 0 Å². The molecule has 2 aliphatic carbocycles. The van der Waals surface area contributed by atoms with Gasteiger partial charge in [-0.3, -0.25) is 0 Å². The molecule has 2 aromatic rings. The molecule has 2 fully saturated rings. The molecule has 0 aromatic carbocycles. The maximum absolute atomic E-state index is 6.09. The molecular weight excluding hydrogens is 278 g/mol. The third-order valence-electron chi connectivity index (χ3n) is 3.93. The zero-order valence-electron chi connectivity index (χ0n) is 10.7. The fourth-order valence-electron chi connectivity index (χ4n) is 2.53. The molecule has 2 heterocycles. The number of fused-ring (bicyclic) bond motifs is 1. The van der Waals surface area contributed by atoms with E-state index in [1.54, 1.807) is 11.3 Å². The normalized spacial score (nSPS) is 19.0. The third kappa shape index (κ3) is 2.56. The monoisotopic (exact) mass is 293 g/mol. The Bertz CT molecular complexity index is 590. The summed E-state index contributed by atoms with van der Waals surface area (Å²) in [6.45, 7) is 2.27. The lowest BCUT2D eigenvalue weighted by Crippen LogP contribution is -2.29. The Morgan fingerprint density at radius 3 is 2.47 bits per heavy atom. The van der Waals surface area contributed by atoms with Gasteiger partial charge in [0.2, 0.25) is 5.28 Å². The lowest BCUT2D eigenvalue weighted by atomic mass is 10.2. The molecule has 100 valence electrons. The predicted octanol–water partition coefficient (Wildman–Crippen LogP) is 3.97. The Balaban J connectivity index is 1.72. The minimum absolute atomic E-state index is 0.376. The van der Waals surface area contributed by atoms with Gasteiger partial charge in [0.15, 0.2) is 0 Å². The molecule has 5 heteroatoms. The van der Waals surface area contributed by atoms with E-state index in [1.165, 1.54) is 25.7 Å². The summed E-state index contributed by atoms with van der Waals surface area (Å²) < 4.78 is 0. The summed E-state index contributed by atoms with van der Waals surface area (Å²) in [5.41, 5.74) is 0. The summed E-state index contributed by atoms with van der Waals surface area (Å²) in [7, 11) is 0. The van der Waals surface area contributed by atoms with Gasteiger partial charge in [-0.05, 0) is 60.6 Å². The van der Waals surface area contributed by atoms with Crippen LogP contribution in [0.3, 0.4) is 0 Å². The van der Waals surface area contributed by atoms with Crippen LogP contribution in [0, 0.1) is 11.8 Å². The summed E-state index contributed by atoms with van der Waals surface area (Å²) in [6.07, 6.45) is 5.47. The van der Waals surface area contributed by atoms with E-state index >= 15 is 0 Å². The molecule has 2 aromatic heterocycles. The largest absolute Gasteiger partial charge is 0.355 e. The van der Waals surface area contributed by atoms with E-state index in [0.29, 0.717) is 5.28 Å². The minimum Gasteiger partial charge on any atom is -0.355 e. The van der Waals surface area contributed by atoms with Crippen molar-refractivity contribution >= 4 is 39.0 Å². The molecule has 0 saturated heterocycles. The zero-order chi connectivity index (χ0) is 12.8. The molecule has 2 saturated carbocycles. The summed E-state index contributed by atoms with van der Waals surface area (Å²) >= 11 is 7.73. The summed E-state index contributed by atoms with van der Waals surface area (Å²) in [4.78, 5) is 12.3. The van der Waals surface area contributed by atoms with Gasteiger partial charge in [-0.15, -0.1) is 11.3 Å². The van der Waals surface area contributed by atoms with E-state index in [2.05, 4.69) is 26.3 Å². The number of thiophene rings is 1. The zero-order valence-corrected chi connectivity index (χ0v) is 12.3. The molecule has 0 bridgehead atoms. The average Bonchev–Trinajstić information content (AvgIpc) is 3.30. The Labute approximate surface area is 121 Å². The van der Waals surface area contributed by atoms with Crippen molar-refractivity contribution < 1.29 is 0 Å². The minimum atomic E-state index is 0.376. The molecule has 0 radical (unpaired) electrons. The highest BCUT2D eigenvalue weighted by molar-refractivity contribution is 7.16. The smallest absolute Gasteiger partial charge is 0.225 e. The van der Waals surface area contributed by atoms with Crippen molar-refractivity contribution in [2.24, 2.45) is 11.8 Å². The van der Waals surface area contributed by atoms with Gasteiger partial charge in [0, 0.05) is 13.1 Å². The molecule has 19 heavy (non-hydrogen) atoms. The number of hydrogen-bond acceptors (Lipinski definition) is 4. The molecule has 0 N–H and O–H groups in total. The summed E-state index contributed by atoms with van der Waals surface area (Å²) in [6, 6.07) is 2.12. The highest BCUT2D eigenvalue weighted by atomic mass is 35.5. The highest BCUT2D eigenvalue weighted by Crippen LogP contribution is 2.37. The first-order valence-electron chi connectivity index (χ1n) is 6.95. The summed E-state index contributed by atoms with van der Waals surface area (Å²) in [5.74, 6) is 2.78. The van der Waals surface area contributed by atoms with Gasteiger partial charge in [0.1, 0.15) is 10.6 Å². The average molecular weight is 294 g/mol. The van der Waals surface area contributed by atoms with Crippen LogP contribution in [0.25, 0.3) is 10.2 Å². The molecule has 2 aliphatic rings. The first kappa shape index (κ1) is 11.9. The number of rotatable bonds is 5. The lowest BCUT2D eigenvalue weighted by Gasteiger charge is -2.24. The Kier molecular flexibility index (Phi) is 2.88. The SMILES string of the molecule is Clc1nc(N(CC2CC2)CC2CC2)c2ccsc2n1. The van der Waals surface area contributed by atoms with Gasteiger partial charge >= 0.3 is 0 Å². The third-order valence-corrected chi connectivity index (χ3v) is 4.90. The second-order valence-electron chi connectivity index (χ2n) is 5.75. The fraction of sp³-hybridized carbons (Fsp3) is 0.571. The topological polar surface area (TPSA) is 29.0 Å². The Hall–Kier alpha value is -0.870. The van der Waals surface area contributed by atoms with Crippen molar-refractivity contribution in [1.29, 1.82) is 0 Å². The van der Waals surface area contributed by atoms with Gasteiger partial charge in [-0.1, -0.05) is 0 Å². The molecule has 4 rings (SSSR count). The number of hydrogen-bond donors (Lipinski definition) is 0. The fourth-order valence-corrected chi connectivity index (χ4v) is 3.50. The molecule has 0 amide bonds. The van der Waals surface area contributed by atoms with Crippen LogP contribution in [-0.2, 0) is 0 Å². The van der Waals surface area contributed by atoms with Gasteiger partial charge in [-0.2, -0.15) is 4.98 Å². The molecule has 0 spiro atoms. The van der Waals surface area contributed by atoms with E-state index in [1.807, 2.05) is 0 Å². The molecule has 0 unspecified atom stereocenters. The van der Waals surface area contributed by atoms with Crippen molar-refractivity contribution in [2.75, 3.05) is 18.0 Å². The van der Waals surface area contributed by atoms with E-state index < -0.39 is 0 Å². The van der Waals surface area contributed by atoms with Crippen LogP contribution < -0.4 is 4.90 Å². The van der Waals surface area contributed by atoms with Crippen molar-refractivity contribution in [3.05, 3.63) is 16.7 Å². The predicted molar refractivity (Wildman–Crippen MR) is 80.1 cm³/mol. The lowest BCUT2D eigenvalue weighted by molar-refractivity contribution is 0.673. The number of aromatic nitrogens is 2. The van der Waals surface area contributed by atoms with Gasteiger partial charge in [0.25, 0.3) is 0 Å². The van der Waals surface area contributed by atoms with E-state index in [9.17, 15) is 0 Å². The molecule has 0 aliphatic heterocycles. The van der Waals surface area contributed by atoms with Crippen LogP contribution in [0.4, 0.5) is 5.82 Å². The quantitative estimate of drug-likeness (QED) is 0.781. The summed E-state index contributed by atoms with van der Waals surface area (Å²) in [5, 5.41) is 3.61. The maximum Gasteiger partial charge on any atom is 0.225 e. The van der Waals surface area contributed by atoms with E-state index in [4.69, 9.17) is 11.6 Å². The van der Waals surface area contributed by atoms with Crippen molar-refractivity contribution in [3.63, 3.8) is 0 Å². The first-order valence-corrected chi connectivity index (χ1v) is 8.21. The van der Waals surface area contributed by atoms with Gasteiger partial charge < -0.3 is 4.90 Å². The van der Waals surface area contributed by atoms with E-state index in [0.717, 1.165) is 41.0 Å². The number of nitrogens with zero attached hydrogens (tertiary/aromatic N) is 3. The molecular formula is C14H16ClN3S. The highest BCUT2D eigenvalue weighted by Gasteiger charge is 2.30. The maximum atomic E-state index is 6.09. The van der Waals surface area contributed by atoms with Crippen LogP contribution in [0.15, 0.2) is 11.4 Å². The van der Waals surface area contributed by atoms with Crippen molar-refractivity contribution in [2.45, 2.75) is 25.7 Å². The van der Waals surface area contributed by atoms with Crippen LogP contribution >= 0.6 is 22.9 Å². The Morgan fingerprint density at radius 1 is 1.16 bits per heavy atom. The second kappa shape index (κ2) is 4.60. The van der Waals surface area contributed by atoms with Crippen LogP contribution in [-0.4, -0.2) is 23.1 Å². The van der Waals surface area contributed by atoms with Gasteiger partial charge in [0.05, 0.1) is 5.39 Å². The van der Waals surface area contributed by atoms with Crippen molar-refractivity contribution in [3.8, 4) is 0 Å². The number of halogens is 1. The van der Waals surface area contributed by atoms with Crippen molar-refractivity contribution in [1.82, 2.24) is 9.97 Å². The standard InChI is InChI=1S/C14H16ClN3S/c15-14-16-12(11-5-6-19-13(11)17-14)18(7-9-1-2-9)8-10-3-4-10/h5-6,9-10H,1-4,7-8H2. The first-order chi connectivity index (χ1) is 9.29. The molecule has 3 nitrogen and oxygen atoms in total. The van der Waals surface area contributed by atoms with Crippen LogP contribution in [0.1, 0.15) is 25.7 Å².